The fraction of sp³-hybridized carbons (Fsp3) is 0.207. The predicted molar refractivity (Wildman–Crippen MR) is 147 cm³/mol. The number of amides is 2. The summed E-state index contributed by atoms with van der Waals surface area (Å²) in [6, 6.07) is 19.3. The van der Waals surface area contributed by atoms with Gasteiger partial charge in [-0.25, -0.2) is 9.86 Å². The minimum Gasteiger partial charge on any atom is -0.478 e. The molecular weight excluding hydrogens is 484 g/mol. The van der Waals surface area contributed by atoms with Gasteiger partial charge in [-0.15, -0.1) is 0 Å². The molecule has 1 aliphatic heterocycles. The predicted octanol–water partition coefficient (Wildman–Crippen LogP) is 4.19. The highest BCUT2D eigenvalue weighted by Gasteiger charge is 2.29. The Morgan fingerprint density at radius 3 is 2.37 bits per heavy atom. The molecule has 3 aromatic carbocycles. The van der Waals surface area contributed by atoms with Crippen molar-refractivity contribution >= 4 is 40.4 Å². The van der Waals surface area contributed by atoms with E-state index in [4.69, 9.17) is 4.84 Å². The zero-order valence-corrected chi connectivity index (χ0v) is 21.7. The summed E-state index contributed by atoms with van der Waals surface area (Å²) in [5.74, 6) is -1.67. The van der Waals surface area contributed by atoms with E-state index in [9.17, 15) is 19.5 Å². The third kappa shape index (κ3) is 5.74. The molecule has 0 saturated heterocycles. The van der Waals surface area contributed by atoms with Crippen LogP contribution in [0.1, 0.15) is 37.4 Å². The summed E-state index contributed by atoms with van der Waals surface area (Å²) in [5, 5.41) is 16.7. The van der Waals surface area contributed by atoms with Crippen LogP contribution in [-0.2, 0) is 9.63 Å². The van der Waals surface area contributed by atoms with Crippen LogP contribution < -0.4 is 10.6 Å². The van der Waals surface area contributed by atoms with Crippen molar-refractivity contribution in [2.45, 2.75) is 6.92 Å². The Kier molecular flexibility index (Phi) is 7.90. The number of aryl methyl sites for hydroxylation is 1. The number of fused-ring (bicyclic) bond motifs is 1. The van der Waals surface area contributed by atoms with E-state index in [1.807, 2.05) is 62.3 Å². The lowest BCUT2D eigenvalue weighted by atomic mass is 9.98. The summed E-state index contributed by atoms with van der Waals surface area (Å²) < 4.78 is 0. The van der Waals surface area contributed by atoms with Gasteiger partial charge in [-0.05, 0) is 62.5 Å². The van der Waals surface area contributed by atoms with Crippen LogP contribution in [0.25, 0.3) is 11.3 Å². The molecular formula is C29H30N4O5. The van der Waals surface area contributed by atoms with Crippen molar-refractivity contribution < 1.29 is 24.3 Å². The van der Waals surface area contributed by atoms with Crippen molar-refractivity contribution in [2.75, 3.05) is 44.9 Å². The minimum atomic E-state index is -1.07. The first-order chi connectivity index (χ1) is 18.2. The smallest absolute Gasteiger partial charge is 0.335 e. The standard InChI is InChI=1S/C29H30N4O5/c1-18-16-21(11-13-22(18)28(35)33(4)38-15-14-32(2)3)30-26(19-8-6-5-7-9-19)25-23-12-10-20(29(36)37)17-24(23)31-27(25)34/h5-13,16-17,30H,14-15H2,1-4H3,(H,31,34)(H,36,37)/b26-25-. The molecule has 1 aliphatic rings. The zero-order chi connectivity index (χ0) is 27.4. The minimum absolute atomic E-state index is 0.0889. The van der Waals surface area contributed by atoms with Gasteiger partial charge < -0.3 is 20.6 Å². The Morgan fingerprint density at radius 1 is 0.974 bits per heavy atom. The van der Waals surface area contributed by atoms with Crippen LogP contribution in [0.5, 0.6) is 0 Å². The molecule has 1 heterocycles. The highest BCUT2D eigenvalue weighted by Crippen LogP contribution is 2.38. The Balaban J connectivity index is 1.67. The van der Waals surface area contributed by atoms with Crippen molar-refractivity contribution in [3.63, 3.8) is 0 Å². The van der Waals surface area contributed by atoms with Gasteiger partial charge in [0.2, 0.25) is 0 Å². The van der Waals surface area contributed by atoms with Gasteiger partial charge in [0.25, 0.3) is 11.8 Å². The molecule has 0 bridgehead atoms. The van der Waals surface area contributed by atoms with Crippen molar-refractivity contribution in [1.29, 1.82) is 0 Å². The summed E-state index contributed by atoms with van der Waals surface area (Å²) in [7, 11) is 5.45. The number of nitrogens with one attached hydrogen (secondary N) is 2. The maximum absolute atomic E-state index is 13.1. The fourth-order valence-corrected chi connectivity index (χ4v) is 4.15. The quantitative estimate of drug-likeness (QED) is 0.290. The molecule has 0 atom stereocenters. The average Bonchev–Trinajstić information content (AvgIpc) is 3.21. The summed E-state index contributed by atoms with van der Waals surface area (Å²) in [6.07, 6.45) is 0. The lowest BCUT2D eigenvalue weighted by molar-refractivity contribution is -0.110. The van der Waals surface area contributed by atoms with E-state index in [0.29, 0.717) is 46.9 Å². The van der Waals surface area contributed by atoms with E-state index in [1.165, 1.54) is 17.2 Å². The number of carbonyl (C=O) groups excluding carboxylic acids is 2. The van der Waals surface area contributed by atoms with Crippen molar-refractivity contribution in [3.8, 4) is 0 Å². The van der Waals surface area contributed by atoms with Gasteiger partial charge >= 0.3 is 5.97 Å². The van der Waals surface area contributed by atoms with Gasteiger partial charge in [0, 0.05) is 30.4 Å². The second kappa shape index (κ2) is 11.3. The summed E-state index contributed by atoms with van der Waals surface area (Å²) >= 11 is 0. The molecule has 0 saturated carbocycles. The summed E-state index contributed by atoms with van der Waals surface area (Å²) in [6.45, 7) is 2.91. The number of hydrogen-bond acceptors (Lipinski definition) is 6. The molecule has 0 fully saturated rings. The van der Waals surface area contributed by atoms with Gasteiger partial charge in [0.1, 0.15) is 0 Å². The number of rotatable bonds is 9. The Labute approximate surface area is 221 Å². The van der Waals surface area contributed by atoms with Crippen molar-refractivity contribution in [1.82, 2.24) is 9.96 Å². The third-order valence-corrected chi connectivity index (χ3v) is 6.16. The topological polar surface area (TPSA) is 111 Å². The summed E-state index contributed by atoms with van der Waals surface area (Å²) in [5.41, 5.74) is 4.80. The van der Waals surface area contributed by atoms with E-state index in [0.717, 1.165) is 11.1 Å². The van der Waals surface area contributed by atoms with Gasteiger partial charge in [-0.2, -0.15) is 0 Å². The van der Waals surface area contributed by atoms with E-state index in [2.05, 4.69) is 10.6 Å². The van der Waals surface area contributed by atoms with E-state index in [-0.39, 0.29) is 17.4 Å². The zero-order valence-electron chi connectivity index (χ0n) is 21.7. The van der Waals surface area contributed by atoms with E-state index >= 15 is 0 Å². The van der Waals surface area contributed by atoms with Gasteiger partial charge in [-0.3, -0.25) is 14.4 Å². The third-order valence-electron chi connectivity index (χ3n) is 6.16. The summed E-state index contributed by atoms with van der Waals surface area (Å²) in [4.78, 5) is 45.0. The second-order valence-electron chi connectivity index (χ2n) is 9.23. The molecule has 9 nitrogen and oxygen atoms in total. The number of likely N-dealkylation sites (N-methyl/N-ethyl adjacent to an activating group) is 1. The fourth-order valence-electron chi connectivity index (χ4n) is 4.15. The van der Waals surface area contributed by atoms with Gasteiger partial charge in [-0.1, -0.05) is 36.4 Å². The molecule has 2 amide bonds. The molecule has 4 rings (SSSR count). The highest BCUT2D eigenvalue weighted by atomic mass is 16.7. The van der Waals surface area contributed by atoms with Crippen molar-refractivity contribution in [2.24, 2.45) is 0 Å². The molecule has 3 N–H and O–H groups in total. The average molecular weight is 515 g/mol. The number of anilines is 2. The SMILES string of the molecule is Cc1cc(N/C(=C2\C(=O)Nc3cc(C(=O)O)ccc32)c2ccccc2)ccc1C(=O)N(C)OCCN(C)C. The molecule has 9 heteroatoms. The maximum Gasteiger partial charge on any atom is 0.335 e. The number of hydrogen-bond donors (Lipinski definition) is 3. The van der Waals surface area contributed by atoms with Crippen LogP contribution >= 0.6 is 0 Å². The van der Waals surface area contributed by atoms with E-state index in [1.54, 1.807) is 25.2 Å². The Bertz CT molecular complexity index is 1420. The first kappa shape index (κ1) is 26.6. The normalized spacial score (nSPS) is 13.7. The first-order valence-corrected chi connectivity index (χ1v) is 12.1. The van der Waals surface area contributed by atoms with Crippen LogP contribution in [0, 0.1) is 6.92 Å². The second-order valence-corrected chi connectivity index (χ2v) is 9.23. The molecule has 0 radical (unpaired) electrons. The lowest BCUT2D eigenvalue weighted by Crippen LogP contribution is -2.30. The van der Waals surface area contributed by atoms with Crippen LogP contribution in [0.15, 0.2) is 66.7 Å². The van der Waals surface area contributed by atoms with E-state index < -0.39 is 5.97 Å². The number of carboxylic acids is 1. The number of carboxylic acid groups (broad SMARTS) is 1. The molecule has 196 valence electrons. The van der Waals surface area contributed by atoms with Crippen LogP contribution in [0.2, 0.25) is 0 Å². The molecule has 0 aliphatic carbocycles. The molecule has 38 heavy (non-hydrogen) atoms. The maximum atomic E-state index is 13.1. The molecule has 3 aromatic rings. The first-order valence-electron chi connectivity index (χ1n) is 12.1. The molecule has 0 aromatic heterocycles. The van der Waals surface area contributed by atoms with Crippen molar-refractivity contribution in [3.05, 3.63) is 94.5 Å². The van der Waals surface area contributed by atoms with Gasteiger partial charge in [0.15, 0.2) is 0 Å². The highest BCUT2D eigenvalue weighted by molar-refractivity contribution is 6.37. The largest absolute Gasteiger partial charge is 0.478 e. The monoisotopic (exact) mass is 514 g/mol. The number of benzene rings is 3. The number of nitrogens with zero attached hydrogens (tertiary/aromatic N) is 2. The van der Waals surface area contributed by atoms with Gasteiger partial charge in [0.05, 0.1) is 29.1 Å². The Morgan fingerprint density at radius 2 is 1.71 bits per heavy atom. The Hall–Kier alpha value is -4.47. The molecule has 0 spiro atoms. The number of hydroxylamine groups is 2. The molecule has 0 unspecified atom stereocenters. The number of aromatic carboxylic acids is 1. The number of carbonyl (C=O) groups is 3. The lowest BCUT2D eigenvalue weighted by Gasteiger charge is -2.20. The van der Waals surface area contributed by atoms with Crippen LogP contribution in [-0.4, -0.2) is 67.1 Å². The van der Waals surface area contributed by atoms with Crippen LogP contribution in [0.3, 0.4) is 0 Å². The van der Waals surface area contributed by atoms with Crippen LogP contribution in [0.4, 0.5) is 11.4 Å².